The minimum absolute atomic E-state index is 0.201. The Morgan fingerprint density at radius 1 is 1.00 bits per heavy atom. The lowest BCUT2D eigenvalue weighted by molar-refractivity contribution is -0.137. The molecule has 2 amide bonds. The molecule has 8 nitrogen and oxygen atoms in total. The predicted octanol–water partition coefficient (Wildman–Crippen LogP) is 4.31. The molecule has 0 aromatic heterocycles. The lowest BCUT2D eigenvalue weighted by atomic mass is 10.1. The molecule has 3 rings (SSSR count). The van der Waals surface area contributed by atoms with Crippen molar-refractivity contribution in [2.24, 2.45) is 5.92 Å². The second-order valence-electron chi connectivity index (χ2n) is 8.05. The number of amides is 2. The average molecular weight is 487 g/mol. The van der Waals surface area contributed by atoms with E-state index in [1.165, 1.54) is 4.90 Å². The van der Waals surface area contributed by atoms with Crippen LogP contribution in [-0.4, -0.2) is 41.8 Å². The lowest BCUT2D eigenvalue weighted by Crippen LogP contribution is -2.34. The van der Waals surface area contributed by atoms with Crippen molar-refractivity contribution in [2.45, 2.75) is 38.5 Å². The first-order valence-corrected chi connectivity index (χ1v) is 11.6. The van der Waals surface area contributed by atoms with E-state index in [0.29, 0.717) is 35.2 Å². The molecule has 2 aromatic rings. The summed E-state index contributed by atoms with van der Waals surface area (Å²) in [6.45, 7) is 0.334. The van der Waals surface area contributed by atoms with Gasteiger partial charge in [-0.3, -0.25) is 19.2 Å². The van der Waals surface area contributed by atoms with Crippen molar-refractivity contribution in [1.29, 1.82) is 0 Å². The SMILES string of the molecule is O=C(O)CCCCCCCOc1ccc(NC(=O)C2C(=O)CN(c3ccccc3Cl)C2=O)cc1. The number of benzene rings is 2. The van der Waals surface area contributed by atoms with Crippen LogP contribution in [0.25, 0.3) is 0 Å². The van der Waals surface area contributed by atoms with Gasteiger partial charge in [-0.2, -0.15) is 0 Å². The zero-order valence-electron chi connectivity index (χ0n) is 18.7. The summed E-state index contributed by atoms with van der Waals surface area (Å²) in [7, 11) is 0. The fourth-order valence-electron chi connectivity index (χ4n) is 3.70. The maximum Gasteiger partial charge on any atom is 0.303 e. The number of nitrogens with one attached hydrogen (secondary N) is 1. The number of hydrogen-bond acceptors (Lipinski definition) is 5. The van der Waals surface area contributed by atoms with Crippen molar-refractivity contribution in [2.75, 3.05) is 23.4 Å². The first-order chi connectivity index (χ1) is 16.4. The third kappa shape index (κ3) is 6.81. The van der Waals surface area contributed by atoms with Crippen LogP contribution in [0.3, 0.4) is 0 Å². The van der Waals surface area contributed by atoms with Gasteiger partial charge >= 0.3 is 5.97 Å². The fraction of sp³-hybridized carbons (Fsp3) is 0.360. The number of rotatable bonds is 12. The molecular weight excluding hydrogens is 460 g/mol. The van der Waals surface area contributed by atoms with E-state index in [0.717, 1.165) is 25.7 Å². The summed E-state index contributed by atoms with van der Waals surface area (Å²) in [6, 6.07) is 13.4. The number of carbonyl (C=O) groups excluding carboxylic acids is 3. The van der Waals surface area contributed by atoms with Gasteiger partial charge in [0.15, 0.2) is 11.7 Å². The van der Waals surface area contributed by atoms with Gasteiger partial charge < -0.3 is 20.1 Å². The fourth-order valence-corrected chi connectivity index (χ4v) is 3.94. The number of carboxylic acid groups (broad SMARTS) is 1. The van der Waals surface area contributed by atoms with Gasteiger partial charge in [0.25, 0.3) is 0 Å². The molecule has 1 fully saturated rings. The Bertz CT molecular complexity index is 1040. The van der Waals surface area contributed by atoms with Crippen LogP contribution in [0.15, 0.2) is 48.5 Å². The first kappa shape index (κ1) is 25.2. The molecule has 1 aliphatic heterocycles. The van der Waals surface area contributed by atoms with Crippen LogP contribution >= 0.6 is 11.6 Å². The highest BCUT2D eigenvalue weighted by Gasteiger charge is 2.45. The molecule has 0 aliphatic carbocycles. The highest BCUT2D eigenvalue weighted by molar-refractivity contribution is 6.36. The molecule has 180 valence electrons. The standard InChI is InChI=1S/C25H27ClN2O6/c26-19-8-5-6-9-20(19)28-16-21(29)23(25(28)33)24(32)27-17-11-13-18(14-12-17)34-15-7-3-1-2-4-10-22(30)31/h5-6,8-9,11-14,23H,1-4,7,10,15-16H2,(H,27,32)(H,30,31). The van der Waals surface area contributed by atoms with Gasteiger partial charge in [0, 0.05) is 12.1 Å². The number of unbranched alkanes of at least 4 members (excludes halogenated alkanes) is 4. The van der Waals surface area contributed by atoms with Crippen molar-refractivity contribution in [1.82, 2.24) is 0 Å². The Balaban J connectivity index is 1.44. The number of hydrogen-bond donors (Lipinski definition) is 2. The number of halogens is 1. The molecular formula is C25H27ClN2O6. The molecule has 34 heavy (non-hydrogen) atoms. The number of ether oxygens (including phenoxy) is 1. The average Bonchev–Trinajstić information content (AvgIpc) is 3.10. The number of carboxylic acids is 1. The van der Waals surface area contributed by atoms with E-state index < -0.39 is 29.5 Å². The minimum atomic E-state index is -1.41. The van der Waals surface area contributed by atoms with Crippen molar-refractivity contribution in [3.63, 3.8) is 0 Å². The van der Waals surface area contributed by atoms with Crippen molar-refractivity contribution >= 4 is 46.5 Å². The number of nitrogens with zero attached hydrogens (tertiary/aromatic N) is 1. The molecule has 1 unspecified atom stereocenters. The summed E-state index contributed by atoms with van der Waals surface area (Å²) < 4.78 is 5.68. The second-order valence-corrected chi connectivity index (χ2v) is 8.46. The van der Waals surface area contributed by atoms with E-state index in [9.17, 15) is 19.2 Å². The maximum absolute atomic E-state index is 12.8. The number of para-hydroxylation sites is 1. The van der Waals surface area contributed by atoms with Crippen molar-refractivity contribution < 1.29 is 29.0 Å². The van der Waals surface area contributed by atoms with Crippen LogP contribution < -0.4 is 15.0 Å². The number of Topliss-reactive ketones (excluding diaryl/α,β-unsaturated/α-hetero) is 1. The van der Waals surface area contributed by atoms with Gasteiger partial charge in [-0.25, -0.2) is 0 Å². The van der Waals surface area contributed by atoms with Gasteiger partial charge in [0.05, 0.1) is 23.9 Å². The third-order valence-electron chi connectivity index (χ3n) is 5.48. The van der Waals surface area contributed by atoms with Crippen LogP contribution in [0.2, 0.25) is 5.02 Å². The maximum atomic E-state index is 12.8. The number of anilines is 2. The molecule has 1 saturated heterocycles. The monoisotopic (exact) mass is 486 g/mol. The van der Waals surface area contributed by atoms with E-state index in [2.05, 4.69) is 5.32 Å². The predicted molar refractivity (Wildman–Crippen MR) is 128 cm³/mol. The van der Waals surface area contributed by atoms with Gasteiger partial charge in [0.2, 0.25) is 11.8 Å². The van der Waals surface area contributed by atoms with Crippen molar-refractivity contribution in [3.05, 3.63) is 53.6 Å². The molecule has 0 saturated carbocycles. The zero-order chi connectivity index (χ0) is 24.5. The van der Waals surface area contributed by atoms with Gasteiger partial charge in [-0.1, -0.05) is 43.0 Å². The minimum Gasteiger partial charge on any atom is -0.494 e. The summed E-state index contributed by atoms with van der Waals surface area (Å²) in [4.78, 5) is 49.5. The van der Waals surface area contributed by atoms with E-state index in [1.807, 2.05) is 0 Å². The van der Waals surface area contributed by atoms with Crippen LogP contribution in [-0.2, 0) is 19.2 Å². The Morgan fingerprint density at radius 2 is 1.68 bits per heavy atom. The summed E-state index contributed by atoms with van der Waals surface area (Å²) in [5, 5.41) is 11.6. The summed E-state index contributed by atoms with van der Waals surface area (Å²) in [6.07, 6.45) is 4.58. The van der Waals surface area contributed by atoms with Gasteiger partial charge in [-0.05, 0) is 49.2 Å². The van der Waals surface area contributed by atoms with E-state index in [-0.39, 0.29) is 13.0 Å². The van der Waals surface area contributed by atoms with Crippen LogP contribution in [0, 0.1) is 5.92 Å². The smallest absolute Gasteiger partial charge is 0.303 e. The molecule has 1 aliphatic rings. The highest BCUT2D eigenvalue weighted by atomic mass is 35.5. The van der Waals surface area contributed by atoms with E-state index in [1.54, 1.807) is 48.5 Å². The first-order valence-electron chi connectivity index (χ1n) is 11.2. The molecule has 0 spiro atoms. The molecule has 1 heterocycles. The normalized spacial score (nSPS) is 15.4. The number of ketones is 1. The third-order valence-corrected chi connectivity index (χ3v) is 5.80. The Morgan fingerprint density at radius 3 is 2.38 bits per heavy atom. The van der Waals surface area contributed by atoms with Gasteiger partial charge in [0.1, 0.15) is 5.75 Å². The van der Waals surface area contributed by atoms with Crippen LogP contribution in [0.4, 0.5) is 11.4 Å². The Labute approximate surface area is 202 Å². The molecule has 1 atom stereocenters. The van der Waals surface area contributed by atoms with Crippen LogP contribution in [0.5, 0.6) is 5.75 Å². The van der Waals surface area contributed by atoms with Crippen LogP contribution in [0.1, 0.15) is 38.5 Å². The quantitative estimate of drug-likeness (QED) is 0.341. The molecule has 0 radical (unpaired) electrons. The second kappa shape index (κ2) is 12.2. The topological polar surface area (TPSA) is 113 Å². The van der Waals surface area contributed by atoms with E-state index >= 15 is 0 Å². The molecule has 2 N–H and O–H groups in total. The number of carbonyl (C=O) groups is 4. The lowest BCUT2D eigenvalue weighted by Gasteiger charge is -2.17. The molecule has 9 heteroatoms. The van der Waals surface area contributed by atoms with Gasteiger partial charge in [-0.15, -0.1) is 0 Å². The Kier molecular flexibility index (Phi) is 9.04. The summed E-state index contributed by atoms with van der Waals surface area (Å²) in [5.74, 6) is -3.29. The molecule has 2 aromatic carbocycles. The highest BCUT2D eigenvalue weighted by Crippen LogP contribution is 2.30. The summed E-state index contributed by atoms with van der Waals surface area (Å²) in [5.41, 5.74) is 0.854. The summed E-state index contributed by atoms with van der Waals surface area (Å²) >= 11 is 6.14. The Hall–Kier alpha value is -3.39. The largest absolute Gasteiger partial charge is 0.494 e. The zero-order valence-corrected chi connectivity index (χ0v) is 19.4. The van der Waals surface area contributed by atoms with E-state index in [4.69, 9.17) is 21.4 Å². The molecule has 0 bridgehead atoms. The number of aliphatic carboxylic acids is 1. The van der Waals surface area contributed by atoms with Crippen molar-refractivity contribution in [3.8, 4) is 5.75 Å².